The van der Waals surface area contributed by atoms with Gasteiger partial charge in [-0.25, -0.2) is 4.79 Å². The Balaban J connectivity index is 1.67. The summed E-state index contributed by atoms with van der Waals surface area (Å²) in [7, 11) is 1.77. The van der Waals surface area contributed by atoms with Crippen molar-refractivity contribution in [2.75, 3.05) is 33.3 Å². The summed E-state index contributed by atoms with van der Waals surface area (Å²) < 4.78 is 5.05. The first-order chi connectivity index (χ1) is 12.6. The number of aliphatic imine (C=N–C) groups is 1. The molecule has 0 aromatic heterocycles. The summed E-state index contributed by atoms with van der Waals surface area (Å²) in [5.74, 6) is 0.804. The summed E-state index contributed by atoms with van der Waals surface area (Å²) in [6, 6.07) is 8.26. The number of amides is 1. The normalized spacial score (nSPS) is 15.7. The predicted molar refractivity (Wildman–Crippen MR) is 106 cm³/mol. The maximum Gasteiger partial charge on any atom is 0.409 e. The summed E-state index contributed by atoms with van der Waals surface area (Å²) in [6.45, 7) is 4.49. The topological polar surface area (TPSA) is 66.0 Å². The van der Waals surface area contributed by atoms with E-state index >= 15 is 0 Å². The van der Waals surface area contributed by atoms with Gasteiger partial charge in [0, 0.05) is 37.7 Å². The minimum atomic E-state index is -0.215. The monoisotopic (exact) mass is 380 g/mol. The Kier molecular flexibility index (Phi) is 8.54. The van der Waals surface area contributed by atoms with Gasteiger partial charge in [0.25, 0.3) is 0 Å². The second-order valence-electron chi connectivity index (χ2n) is 6.30. The van der Waals surface area contributed by atoms with Gasteiger partial charge in [-0.2, -0.15) is 0 Å². The number of rotatable bonds is 6. The van der Waals surface area contributed by atoms with E-state index in [2.05, 4.69) is 21.7 Å². The van der Waals surface area contributed by atoms with Gasteiger partial charge >= 0.3 is 6.09 Å². The van der Waals surface area contributed by atoms with Crippen LogP contribution >= 0.6 is 11.6 Å². The molecule has 26 heavy (non-hydrogen) atoms. The van der Waals surface area contributed by atoms with Gasteiger partial charge in [-0.15, -0.1) is 0 Å². The molecule has 1 saturated heterocycles. The first-order valence-electron chi connectivity index (χ1n) is 9.26. The third-order valence-corrected chi connectivity index (χ3v) is 4.83. The predicted octanol–water partition coefficient (Wildman–Crippen LogP) is 3.06. The van der Waals surface area contributed by atoms with E-state index in [4.69, 9.17) is 16.3 Å². The van der Waals surface area contributed by atoms with Crippen LogP contribution in [0.5, 0.6) is 0 Å². The molecule has 1 amide bonds. The molecule has 0 spiro atoms. The Labute approximate surface area is 161 Å². The summed E-state index contributed by atoms with van der Waals surface area (Å²) >= 11 is 6.18. The molecule has 1 aliphatic heterocycles. The molecule has 0 radical (unpaired) electrons. The van der Waals surface area contributed by atoms with Crippen molar-refractivity contribution in [1.82, 2.24) is 15.5 Å². The van der Waals surface area contributed by atoms with Gasteiger partial charge in [0.15, 0.2) is 5.96 Å². The zero-order chi connectivity index (χ0) is 18.8. The van der Waals surface area contributed by atoms with Crippen molar-refractivity contribution in [2.24, 2.45) is 4.99 Å². The third-order valence-electron chi connectivity index (χ3n) is 4.46. The lowest BCUT2D eigenvalue weighted by atomic mass is 10.1. The molecule has 0 atom stereocenters. The van der Waals surface area contributed by atoms with Crippen LogP contribution in [0.2, 0.25) is 5.02 Å². The van der Waals surface area contributed by atoms with Crippen LogP contribution in [0, 0.1) is 0 Å². The molecule has 144 valence electrons. The number of carbonyl (C=O) groups excluding carboxylic acids is 1. The zero-order valence-corrected chi connectivity index (χ0v) is 16.4. The quantitative estimate of drug-likeness (QED) is 0.452. The number of nitrogens with zero attached hydrogens (tertiary/aromatic N) is 2. The Bertz CT molecular complexity index is 601. The van der Waals surface area contributed by atoms with E-state index < -0.39 is 0 Å². The molecule has 1 heterocycles. The number of hydrogen-bond acceptors (Lipinski definition) is 3. The van der Waals surface area contributed by atoms with Crippen LogP contribution in [-0.2, 0) is 11.2 Å². The van der Waals surface area contributed by atoms with Crippen LogP contribution in [0.25, 0.3) is 0 Å². The number of hydrogen-bond donors (Lipinski definition) is 2. The molecule has 7 heteroatoms. The highest BCUT2D eigenvalue weighted by atomic mass is 35.5. The van der Waals surface area contributed by atoms with Gasteiger partial charge in [-0.05, 0) is 44.2 Å². The van der Waals surface area contributed by atoms with Crippen LogP contribution < -0.4 is 10.6 Å². The van der Waals surface area contributed by atoms with Crippen LogP contribution in [0.3, 0.4) is 0 Å². The van der Waals surface area contributed by atoms with Crippen molar-refractivity contribution in [1.29, 1.82) is 0 Å². The molecular formula is C19H29ClN4O2. The molecule has 2 rings (SSSR count). The van der Waals surface area contributed by atoms with Gasteiger partial charge in [-0.3, -0.25) is 4.99 Å². The summed E-state index contributed by atoms with van der Waals surface area (Å²) in [5, 5.41) is 7.62. The van der Waals surface area contributed by atoms with Crippen molar-refractivity contribution in [2.45, 2.75) is 38.6 Å². The average Bonchev–Trinajstić information content (AvgIpc) is 2.66. The standard InChI is InChI=1S/C19H29ClN4O2/c1-3-26-19(25)24-13-10-16(11-14-24)23-18(21-2)22-12-6-8-15-7-4-5-9-17(15)20/h4-5,7,9,16H,3,6,8,10-14H2,1-2H3,(H2,21,22,23). The number of aryl methyl sites for hydroxylation is 1. The Hall–Kier alpha value is -1.95. The van der Waals surface area contributed by atoms with Crippen molar-refractivity contribution in [3.05, 3.63) is 34.9 Å². The van der Waals surface area contributed by atoms with E-state index in [0.717, 1.165) is 43.2 Å². The SMILES string of the molecule is CCOC(=O)N1CCC(NC(=NC)NCCCc2ccccc2Cl)CC1. The van der Waals surface area contributed by atoms with Gasteiger partial charge in [-0.1, -0.05) is 29.8 Å². The molecule has 1 aromatic rings. The first-order valence-corrected chi connectivity index (χ1v) is 9.64. The highest BCUT2D eigenvalue weighted by molar-refractivity contribution is 6.31. The fraction of sp³-hybridized carbons (Fsp3) is 0.579. The van der Waals surface area contributed by atoms with E-state index in [1.165, 1.54) is 5.56 Å². The lowest BCUT2D eigenvalue weighted by Gasteiger charge is -2.32. The van der Waals surface area contributed by atoms with Crippen LogP contribution in [0.4, 0.5) is 4.79 Å². The molecule has 1 aromatic carbocycles. The maximum absolute atomic E-state index is 11.7. The summed E-state index contributed by atoms with van der Waals surface area (Å²) in [6.07, 6.45) is 3.47. The molecule has 0 unspecified atom stereocenters. The van der Waals surface area contributed by atoms with Crippen molar-refractivity contribution in [3.63, 3.8) is 0 Å². The molecule has 2 N–H and O–H groups in total. The second kappa shape index (κ2) is 10.9. The van der Waals surface area contributed by atoms with E-state index in [9.17, 15) is 4.79 Å². The minimum absolute atomic E-state index is 0.215. The highest BCUT2D eigenvalue weighted by Crippen LogP contribution is 2.16. The number of carbonyl (C=O) groups is 1. The third kappa shape index (κ3) is 6.41. The summed E-state index contributed by atoms with van der Waals surface area (Å²) in [5.41, 5.74) is 1.17. The van der Waals surface area contributed by atoms with Crippen molar-refractivity contribution >= 4 is 23.7 Å². The number of nitrogens with one attached hydrogen (secondary N) is 2. The van der Waals surface area contributed by atoms with E-state index in [1.807, 2.05) is 25.1 Å². The van der Waals surface area contributed by atoms with Crippen molar-refractivity contribution < 1.29 is 9.53 Å². The number of likely N-dealkylation sites (tertiary alicyclic amines) is 1. The number of guanidine groups is 1. The van der Waals surface area contributed by atoms with E-state index in [0.29, 0.717) is 25.7 Å². The Morgan fingerprint density at radius 2 is 2.08 bits per heavy atom. The van der Waals surface area contributed by atoms with E-state index in [1.54, 1.807) is 11.9 Å². The summed E-state index contributed by atoms with van der Waals surface area (Å²) in [4.78, 5) is 17.8. The zero-order valence-electron chi connectivity index (χ0n) is 15.6. The molecular weight excluding hydrogens is 352 g/mol. The van der Waals surface area contributed by atoms with Gasteiger partial charge < -0.3 is 20.3 Å². The second-order valence-corrected chi connectivity index (χ2v) is 6.71. The molecule has 1 aliphatic rings. The minimum Gasteiger partial charge on any atom is -0.450 e. The van der Waals surface area contributed by atoms with Crippen LogP contribution in [0.15, 0.2) is 29.3 Å². The molecule has 0 saturated carbocycles. The Morgan fingerprint density at radius 3 is 2.73 bits per heavy atom. The molecule has 0 bridgehead atoms. The fourth-order valence-electron chi connectivity index (χ4n) is 3.00. The lowest BCUT2D eigenvalue weighted by molar-refractivity contribution is 0.0963. The van der Waals surface area contributed by atoms with Crippen LogP contribution in [0.1, 0.15) is 31.7 Å². The number of halogens is 1. The first kappa shape index (κ1) is 20.4. The van der Waals surface area contributed by atoms with Gasteiger partial charge in [0.05, 0.1) is 6.61 Å². The number of ether oxygens (including phenoxy) is 1. The van der Waals surface area contributed by atoms with Gasteiger partial charge in [0.1, 0.15) is 0 Å². The highest BCUT2D eigenvalue weighted by Gasteiger charge is 2.23. The number of piperidine rings is 1. The average molecular weight is 381 g/mol. The fourth-order valence-corrected chi connectivity index (χ4v) is 3.23. The largest absolute Gasteiger partial charge is 0.450 e. The Morgan fingerprint density at radius 1 is 1.35 bits per heavy atom. The smallest absolute Gasteiger partial charge is 0.409 e. The molecule has 6 nitrogen and oxygen atoms in total. The molecule has 1 fully saturated rings. The number of benzene rings is 1. The molecule has 0 aliphatic carbocycles. The van der Waals surface area contributed by atoms with Gasteiger partial charge in [0.2, 0.25) is 0 Å². The maximum atomic E-state index is 11.7. The van der Waals surface area contributed by atoms with Crippen LogP contribution in [-0.4, -0.2) is 56.3 Å². The van der Waals surface area contributed by atoms with E-state index in [-0.39, 0.29) is 6.09 Å². The van der Waals surface area contributed by atoms with Crippen molar-refractivity contribution in [3.8, 4) is 0 Å². The lowest BCUT2D eigenvalue weighted by Crippen LogP contribution is -2.50.